The highest BCUT2D eigenvalue weighted by Gasteiger charge is 2.16. The van der Waals surface area contributed by atoms with Crippen LogP contribution in [0, 0.1) is 0 Å². The number of carbonyl (C=O) groups is 1. The fourth-order valence-electron chi connectivity index (χ4n) is 2.47. The number of benzene rings is 1. The zero-order valence-corrected chi connectivity index (χ0v) is 17.3. The molecule has 2 rings (SSSR count). The van der Waals surface area contributed by atoms with Gasteiger partial charge in [0.15, 0.2) is 5.96 Å². The number of amides is 1. The average Bonchev–Trinajstić information content (AvgIpc) is 2.64. The molecule has 8 nitrogen and oxygen atoms in total. The molecule has 0 aliphatic carbocycles. The fraction of sp³-hybridized carbons (Fsp3) is 0.529. The van der Waals surface area contributed by atoms with Crippen molar-refractivity contribution < 1.29 is 13.2 Å². The van der Waals surface area contributed by atoms with E-state index in [2.05, 4.69) is 15.6 Å². The van der Waals surface area contributed by atoms with Crippen LogP contribution in [0.15, 0.2) is 34.2 Å². The van der Waals surface area contributed by atoms with E-state index in [4.69, 9.17) is 5.14 Å². The zero-order valence-electron chi connectivity index (χ0n) is 15.6. The largest absolute Gasteiger partial charge is 0.353 e. The van der Waals surface area contributed by atoms with Gasteiger partial charge < -0.3 is 15.5 Å². The molecule has 0 saturated carbocycles. The lowest BCUT2D eigenvalue weighted by atomic mass is 10.2. The third-order valence-corrected chi connectivity index (χ3v) is 6.22. The maximum absolute atomic E-state index is 11.9. The number of nitrogens with zero attached hydrogens (tertiary/aromatic N) is 2. The Morgan fingerprint density at radius 1 is 1.33 bits per heavy atom. The van der Waals surface area contributed by atoms with Crippen LogP contribution >= 0.6 is 11.8 Å². The van der Waals surface area contributed by atoms with E-state index in [0.717, 1.165) is 24.2 Å². The molecule has 10 heteroatoms. The number of hydrogen-bond donors (Lipinski definition) is 3. The second kappa shape index (κ2) is 9.95. The molecular formula is C17H27N5O3S2. The summed E-state index contributed by atoms with van der Waals surface area (Å²) in [7, 11) is -0.286. The number of carbonyl (C=O) groups excluding carboxylic acids is 1. The fourth-order valence-corrected chi connectivity index (χ4v) is 4.06. The van der Waals surface area contributed by atoms with Gasteiger partial charge in [-0.25, -0.2) is 18.5 Å². The first-order valence-electron chi connectivity index (χ1n) is 8.70. The summed E-state index contributed by atoms with van der Waals surface area (Å²) in [5, 5.41) is 11.6. The van der Waals surface area contributed by atoms with Crippen LogP contribution < -0.4 is 15.8 Å². The van der Waals surface area contributed by atoms with Crippen molar-refractivity contribution in [3.63, 3.8) is 0 Å². The smallest absolute Gasteiger partial charge is 0.241 e. The van der Waals surface area contributed by atoms with Crippen molar-refractivity contribution >= 4 is 33.7 Å². The first-order valence-corrected chi connectivity index (χ1v) is 11.4. The molecule has 1 unspecified atom stereocenters. The van der Waals surface area contributed by atoms with Gasteiger partial charge in [0.25, 0.3) is 0 Å². The monoisotopic (exact) mass is 413 g/mol. The Morgan fingerprint density at radius 3 is 2.59 bits per heavy atom. The summed E-state index contributed by atoms with van der Waals surface area (Å²) in [5.41, 5.74) is 0.848. The summed E-state index contributed by atoms with van der Waals surface area (Å²) >= 11 is 1.90. The molecule has 1 fully saturated rings. The quantitative estimate of drug-likeness (QED) is 0.458. The third kappa shape index (κ3) is 7.39. The molecule has 150 valence electrons. The van der Waals surface area contributed by atoms with Crippen LogP contribution in [0.4, 0.5) is 0 Å². The van der Waals surface area contributed by atoms with Crippen molar-refractivity contribution in [3.05, 3.63) is 29.8 Å². The number of sulfonamides is 1. The summed E-state index contributed by atoms with van der Waals surface area (Å²) in [6, 6.07) is 6.61. The Kier molecular flexibility index (Phi) is 7.93. The van der Waals surface area contributed by atoms with E-state index in [1.807, 2.05) is 11.8 Å². The molecule has 1 atom stereocenters. The van der Waals surface area contributed by atoms with Gasteiger partial charge in [-0.2, -0.15) is 11.8 Å². The molecule has 0 radical (unpaired) electrons. The normalized spacial score (nSPS) is 18.0. The van der Waals surface area contributed by atoms with Gasteiger partial charge in [-0.3, -0.25) is 4.79 Å². The average molecular weight is 414 g/mol. The molecule has 1 aliphatic heterocycles. The van der Waals surface area contributed by atoms with E-state index in [0.29, 0.717) is 18.5 Å². The van der Waals surface area contributed by atoms with Crippen molar-refractivity contribution in [2.75, 3.05) is 32.1 Å². The van der Waals surface area contributed by atoms with Gasteiger partial charge >= 0.3 is 0 Å². The van der Waals surface area contributed by atoms with E-state index < -0.39 is 10.0 Å². The van der Waals surface area contributed by atoms with Crippen LogP contribution in [0.1, 0.15) is 18.4 Å². The first kappa shape index (κ1) is 21.5. The topological polar surface area (TPSA) is 117 Å². The molecular weight excluding hydrogens is 386 g/mol. The maximum Gasteiger partial charge on any atom is 0.241 e. The first-order chi connectivity index (χ1) is 12.8. The molecule has 27 heavy (non-hydrogen) atoms. The maximum atomic E-state index is 11.9. The van der Waals surface area contributed by atoms with Crippen molar-refractivity contribution in [2.45, 2.75) is 30.3 Å². The van der Waals surface area contributed by atoms with E-state index in [1.165, 1.54) is 22.8 Å². The molecule has 1 amide bonds. The zero-order chi connectivity index (χ0) is 19.9. The molecule has 1 aromatic rings. The van der Waals surface area contributed by atoms with Gasteiger partial charge in [0.05, 0.1) is 18.0 Å². The molecule has 0 spiro atoms. The Labute approximate surface area is 165 Å². The molecule has 1 aliphatic rings. The number of aliphatic imine (C=N–C) groups is 1. The lowest BCUT2D eigenvalue weighted by Crippen LogP contribution is -2.48. The number of likely N-dealkylation sites (N-methyl/N-ethyl adjacent to an activating group) is 1. The van der Waals surface area contributed by atoms with E-state index >= 15 is 0 Å². The van der Waals surface area contributed by atoms with Gasteiger partial charge in [-0.15, -0.1) is 0 Å². The Bertz CT molecular complexity index is 757. The van der Waals surface area contributed by atoms with E-state index in [9.17, 15) is 13.2 Å². The number of primary sulfonamides is 1. The summed E-state index contributed by atoms with van der Waals surface area (Å²) in [6.45, 7) is 0.513. The minimum absolute atomic E-state index is 0.0416. The number of rotatable bonds is 6. The highest BCUT2D eigenvalue weighted by atomic mass is 32.2. The van der Waals surface area contributed by atoms with Gasteiger partial charge in [0.2, 0.25) is 15.9 Å². The SMILES string of the molecule is CN(C)C(=O)CNC(=NCc1ccc(S(N)(=O)=O)cc1)NC1CCCSC1. The highest BCUT2D eigenvalue weighted by Crippen LogP contribution is 2.16. The Morgan fingerprint density at radius 2 is 2.04 bits per heavy atom. The van der Waals surface area contributed by atoms with Crippen molar-refractivity contribution in [1.82, 2.24) is 15.5 Å². The van der Waals surface area contributed by atoms with Crippen LogP contribution in [0.25, 0.3) is 0 Å². The predicted molar refractivity (Wildman–Crippen MR) is 109 cm³/mol. The van der Waals surface area contributed by atoms with Gasteiger partial charge in [-0.05, 0) is 36.3 Å². The van der Waals surface area contributed by atoms with Gasteiger partial charge in [0.1, 0.15) is 0 Å². The molecule has 1 aromatic carbocycles. The molecule has 4 N–H and O–H groups in total. The number of nitrogens with two attached hydrogens (primary N) is 1. The summed E-state index contributed by atoms with van der Waals surface area (Å²) in [4.78, 5) is 18.0. The van der Waals surface area contributed by atoms with Gasteiger partial charge in [0, 0.05) is 25.9 Å². The lowest BCUT2D eigenvalue weighted by molar-refractivity contribution is -0.127. The third-order valence-electron chi connectivity index (χ3n) is 4.08. The van der Waals surface area contributed by atoms with Crippen LogP contribution in [0.2, 0.25) is 0 Å². The number of thioether (sulfide) groups is 1. The lowest BCUT2D eigenvalue weighted by Gasteiger charge is -2.25. The Hall–Kier alpha value is -1.78. The summed E-state index contributed by atoms with van der Waals surface area (Å²) < 4.78 is 22.7. The molecule has 0 bridgehead atoms. The van der Waals surface area contributed by atoms with Crippen LogP contribution in [0.3, 0.4) is 0 Å². The van der Waals surface area contributed by atoms with Crippen LogP contribution in [-0.4, -0.2) is 63.4 Å². The molecule has 1 saturated heterocycles. The minimum atomic E-state index is -3.70. The number of nitrogens with one attached hydrogen (secondary N) is 2. The van der Waals surface area contributed by atoms with Gasteiger partial charge in [-0.1, -0.05) is 12.1 Å². The Balaban J connectivity index is 2.04. The molecule has 1 heterocycles. The highest BCUT2D eigenvalue weighted by molar-refractivity contribution is 7.99. The van der Waals surface area contributed by atoms with Crippen molar-refractivity contribution in [1.29, 1.82) is 0 Å². The van der Waals surface area contributed by atoms with Crippen molar-refractivity contribution in [3.8, 4) is 0 Å². The number of hydrogen-bond acceptors (Lipinski definition) is 5. The van der Waals surface area contributed by atoms with Crippen LogP contribution in [-0.2, 0) is 21.4 Å². The van der Waals surface area contributed by atoms with E-state index in [-0.39, 0.29) is 17.3 Å². The summed E-state index contributed by atoms with van der Waals surface area (Å²) in [6.07, 6.45) is 2.22. The summed E-state index contributed by atoms with van der Waals surface area (Å²) in [5.74, 6) is 2.71. The molecule has 0 aromatic heterocycles. The standard InChI is InChI=1S/C17H27N5O3S2/c1-22(2)16(23)11-20-17(21-14-4-3-9-26-12-14)19-10-13-5-7-15(8-6-13)27(18,24)25/h5-8,14H,3-4,9-12H2,1-2H3,(H2,18,24,25)(H2,19,20,21). The minimum Gasteiger partial charge on any atom is -0.353 e. The second-order valence-corrected chi connectivity index (χ2v) is 9.27. The number of guanidine groups is 1. The second-order valence-electron chi connectivity index (χ2n) is 6.55. The van der Waals surface area contributed by atoms with E-state index in [1.54, 1.807) is 26.2 Å². The predicted octanol–water partition coefficient (Wildman–Crippen LogP) is 0.353. The van der Waals surface area contributed by atoms with Crippen LogP contribution in [0.5, 0.6) is 0 Å². The van der Waals surface area contributed by atoms with Crippen molar-refractivity contribution in [2.24, 2.45) is 10.1 Å².